The minimum absolute atomic E-state index is 0.103. The lowest BCUT2D eigenvalue weighted by molar-refractivity contribution is -0.121. The highest BCUT2D eigenvalue weighted by atomic mass is 32.2. The van der Waals surface area contributed by atoms with Crippen LogP contribution in [0.1, 0.15) is 18.1 Å². The Balaban J connectivity index is 2.45. The van der Waals surface area contributed by atoms with Crippen LogP contribution in [0, 0.1) is 0 Å². The average molecular weight is 376 g/mol. The first kappa shape index (κ1) is 19.3. The van der Waals surface area contributed by atoms with Gasteiger partial charge in [-0.3, -0.25) is 9.69 Å². The number of carbonyl (C=O) groups is 1. The van der Waals surface area contributed by atoms with Gasteiger partial charge < -0.3 is 9.47 Å². The number of allylic oxidation sites excluding steroid dienone is 1. The number of methoxy groups -OCH3 is 1. The third-order valence-corrected chi connectivity index (χ3v) is 4.88. The first-order valence-corrected chi connectivity index (χ1v) is 9.09. The summed E-state index contributed by atoms with van der Waals surface area (Å²) in [5.74, 6) is 1.24. The molecule has 1 fully saturated rings. The Morgan fingerprint density at radius 1 is 1.32 bits per heavy atom. The molecule has 2 rings (SSSR count). The number of thiocarbonyl (C=S) groups is 1. The van der Waals surface area contributed by atoms with Gasteiger partial charge in [-0.2, -0.15) is 0 Å². The van der Waals surface area contributed by atoms with Crippen LogP contribution in [0.25, 0.3) is 6.08 Å². The van der Waals surface area contributed by atoms with Gasteiger partial charge in [0, 0.05) is 12.1 Å². The second kappa shape index (κ2) is 8.87. The molecule has 1 aromatic carbocycles. The van der Waals surface area contributed by atoms with Crippen LogP contribution in [0.3, 0.4) is 0 Å². The van der Waals surface area contributed by atoms with Crippen molar-refractivity contribution in [1.82, 2.24) is 4.90 Å². The highest BCUT2D eigenvalue weighted by molar-refractivity contribution is 8.26. The van der Waals surface area contributed by atoms with Crippen molar-refractivity contribution in [3.8, 4) is 11.5 Å². The number of thioether (sulfide) groups is 1. The van der Waals surface area contributed by atoms with Gasteiger partial charge in [0.1, 0.15) is 4.32 Å². The van der Waals surface area contributed by atoms with Gasteiger partial charge in [0.2, 0.25) is 0 Å². The van der Waals surface area contributed by atoms with Gasteiger partial charge >= 0.3 is 0 Å². The highest BCUT2D eigenvalue weighted by Gasteiger charge is 2.31. The Morgan fingerprint density at radius 2 is 2.08 bits per heavy atom. The predicted molar refractivity (Wildman–Crippen MR) is 108 cm³/mol. The number of carbonyl (C=O) groups excluding carboxylic acids is 1. The number of rotatable bonds is 8. The smallest absolute Gasteiger partial charge is 0.266 e. The van der Waals surface area contributed by atoms with E-state index in [-0.39, 0.29) is 5.91 Å². The number of amides is 1. The fourth-order valence-electron chi connectivity index (χ4n) is 2.51. The largest absolute Gasteiger partial charge is 0.493 e. The maximum absolute atomic E-state index is 12.5. The van der Waals surface area contributed by atoms with Crippen molar-refractivity contribution in [1.29, 1.82) is 0 Å². The van der Waals surface area contributed by atoms with E-state index in [0.29, 0.717) is 40.3 Å². The molecule has 0 radical (unpaired) electrons. The number of hydrogen-bond acceptors (Lipinski definition) is 5. The molecule has 6 heteroatoms. The molecule has 1 amide bonds. The lowest BCUT2D eigenvalue weighted by atomic mass is 10.0. The zero-order chi connectivity index (χ0) is 18.4. The summed E-state index contributed by atoms with van der Waals surface area (Å²) in [7, 11) is 1.62. The van der Waals surface area contributed by atoms with Crippen LogP contribution in [0.15, 0.2) is 42.3 Å². The number of benzene rings is 1. The predicted octanol–water partition coefficient (Wildman–Crippen LogP) is 4.21. The minimum Gasteiger partial charge on any atom is -0.493 e. The summed E-state index contributed by atoms with van der Waals surface area (Å²) < 4.78 is 11.7. The molecule has 0 N–H and O–H groups in total. The summed E-state index contributed by atoms with van der Waals surface area (Å²) in [5.41, 5.74) is 1.82. The summed E-state index contributed by atoms with van der Waals surface area (Å²) in [6.45, 7) is 10.3. The first-order chi connectivity index (χ1) is 12.0. The van der Waals surface area contributed by atoms with E-state index in [1.165, 1.54) is 16.7 Å². The fraction of sp³-hybridized carbons (Fsp3) is 0.263. The molecule has 4 nitrogen and oxygen atoms in total. The molecule has 1 aromatic rings. The summed E-state index contributed by atoms with van der Waals surface area (Å²) in [5, 5.41) is 0. The van der Waals surface area contributed by atoms with Crippen molar-refractivity contribution in [2.24, 2.45) is 0 Å². The monoisotopic (exact) mass is 375 g/mol. The molecule has 0 saturated carbocycles. The van der Waals surface area contributed by atoms with E-state index in [9.17, 15) is 4.79 Å². The molecular formula is C19H21NO3S2. The third kappa shape index (κ3) is 4.32. The Bertz CT molecular complexity index is 740. The first-order valence-electron chi connectivity index (χ1n) is 7.86. The van der Waals surface area contributed by atoms with Crippen LogP contribution in [0.4, 0.5) is 0 Å². The van der Waals surface area contributed by atoms with Gasteiger partial charge in [-0.05, 0) is 37.1 Å². The molecule has 132 valence electrons. The van der Waals surface area contributed by atoms with Crippen molar-refractivity contribution >= 4 is 40.3 Å². The van der Waals surface area contributed by atoms with Crippen molar-refractivity contribution in [3.63, 3.8) is 0 Å². The SMILES string of the molecule is C=CCc1cc(/C=C2\SC(=S)N(CC=C)C2=O)cc(OCC)c1OC. The van der Waals surface area contributed by atoms with E-state index in [4.69, 9.17) is 21.7 Å². The normalized spacial score (nSPS) is 15.6. The van der Waals surface area contributed by atoms with Crippen LogP contribution in [0.2, 0.25) is 0 Å². The molecule has 0 atom stereocenters. The molecule has 1 aliphatic rings. The van der Waals surface area contributed by atoms with Gasteiger partial charge in [0.25, 0.3) is 5.91 Å². The Morgan fingerprint density at radius 3 is 2.68 bits per heavy atom. The zero-order valence-corrected chi connectivity index (χ0v) is 16.0. The number of ether oxygens (including phenoxy) is 2. The molecular weight excluding hydrogens is 354 g/mol. The van der Waals surface area contributed by atoms with Crippen molar-refractivity contribution in [2.75, 3.05) is 20.3 Å². The van der Waals surface area contributed by atoms with E-state index in [2.05, 4.69) is 13.2 Å². The molecule has 1 aliphatic heterocycles. The van der Waals surface area contributed by atoms with E-state index < -0.39 is 0 Å². The number of nitrogens with zero attached hydrogens (tertiary/aromatic N) is 1. The van der Waals surface area contributed by atoms with Gasteiger partial charge in [-0.25, -0.2) is 0 Å². The third-order valence-electron chi connectivity index (χ3n) is 3.51. The summed E-state index contributed by atoms with van der Waals surface area (Å²) in [6, 6.07) is 3.85. The van der Waals surface area contributed by atoms with Crippen LogP contribution >= 0.6 is 24.0 Å². The zero-order valence-electron chi connectivity index (χ0n) is 14.4. The topological polar surface area (TPSA) is 38.8 Å². The molecule has 0 bridgehead atoms. The lowest BCUT2D eigenvalue weighted by Gasteiger charge is -2.14. The van der Waals surface area contributed by atoms with Gasteiger partial charge in [-0.1, -0.05) is 36.1 Å². The molecule has 1 heterocycles. The minimum atomic E-state index is -0.103. The van der Waals surface area contributed by atoms with Gasteiger partial charge in [-0.15, -0.1) is 13.2 Å². The van der Waals surface area contributed by atoms with Crippen LogP contribution in [-0.2, 0) is 11.2 Å². The van der Waals surface area contributed by atoms with Crippen molar-refractivity contribution in [3.05, 3.63) is 53.5 Å². The fourth-order valence-corrected chi connectivity index (χ4v) is 3.78. The van der Waals surface area contributed by atoms with E-state index in [1.54, 1.807) is 19.3 Å². The molecule has 0 aliphatic carbocycles. The van der Waals surface area contributed by atoms with E-state index in [0.717, 1.165) is 11.1 Å². The maximum Gasteiger partial charge on any atom is 0.266 e. The summed E-state index contributed by atoms with van der Waals surface area (Å²) in [4.78, 5) is 14.6. The van der Waals surface area contributed by atoms with Crippen LogP contribution < -0.4 is 9.47 Å². The van der Waals surface area contributed by atoms with Crippen molar-refractivity contribution < 1.29 is 14.3 Å². The summed E-state index contributed by atoms with van der Waals surface area (Å²) in [6.07, 6.45) is 5.94. The molecule has 1 saturated heterocycles. The van der Waals surface area contributed by atoms with E-state index >= 15 is 0 Å². The number of hydrogen-bond donors (Lipinski definition) is 0. The second-order valence-electron chi connectivity index (χ2n) is 5.22. The summed E-state index contributed by atoms with van der Waals surface area (Å²) >= 11 is 6.57. The average Bonchev–Trinajstić information content (AvgIpc) is 2.83. The second-order valence-corrected chi connectivity index (χ2v) is 6.89. The Labute approximate surface area is 158 Å². The molecule has 0 spiro atoms. The lowest BCUT2D eigenvalue weighted by Crippen LogP contribution is -2.27. The van der Waals surface area contributed by atoms with Crippen molar-refractivity contribution in [2.45, 2.75) is 13.3 Å². The Kier molecular flexibility index (Phi) is 6.84. The molecule has 25 heavy (non-hydrogen) atoms. The maximum atomic E-state index is 12.5. The Hall–Kier alpha value is -2.05. The van der Waals surface area contributed by atoms with Gasteiger partial charge in [0.05, 0.1) is 18.6 Å². The van der Waals surface area contributed by atoms with E-state index in [1.807, 2.05) is 25.1 Å². The quantitative estimate of drug-likeness (QED) is 0.387. The molecule has 0 unspecified atom stereocenters. The standard InChI is InChI=1S/C19H21NO3S2/c1-5-8-14-10-13(11-15(23-7-3)17(14)22-4)12-16-18(21)20(9-6-2)19(24)25-16/h5-6,10-12H,1-2,7-9H2,3-4H3/b16-12-. The van der Waals surface area contributed by atoms with Crippen LogP contribution in [-0.4, -0.2) is 35.4 Å². The molecule has 0 aromatic heterocycles. The highest BCUT2D eigenvalue weighted by Crippen LogP contribution is 2.37. The van der Waals surface area contributed by atoms with Gasteiger partial charge in [0.15, 0.2) is 11.5 Å². The van der Waals surface area contributed by atoms with Crippen LogP contribution in [0.5, 0.6) is 11.5 Å².